The molecule has 1 nitrogen and oxygen atoms in total. The Morgan fingerprint density at radius 2 is 2.07 bits per heavy atom. The summed E-state index contributed by atoms with van der Waals surface area (Å²) in [5, 5.41) is 1.73. The first-order chi connectivity index (χ1) is 7.09. The first kappa shape index (κ1) is 10.9. The zero-order valence-corrected chi connectivity index (χ0v) is 10.9. The summed E-state index contributed by atoms with van der Waals surface area (Å²) < 4.78 is 0.927. The van der Waals surface area contributed by atoms with Crippen LogP contribution < -0.4 is 0 Å². The largest absolute Gasteiger partial charge is 0.255 e. The van der Waals surface area contributed by atoms with Crippen molar-refractivity contribution in [3.05, 3.63) is 39.5 Å². The predicted octanol–water partition coefficient (Wildman–Crippen LogP) is 4.77. The zero-order chi connectivity index (χ0) is 11.0. The van der Waals surface area contributed by atoms with Crippen LogP contribution in [0.15, 0.2) is 28.9 Å². The number of hydrogen-bond donors (Lipinski definition) is 0. The molecule has 0 unspecified atom stereocenters. The number of nitrogens with zero attached hydrogens (tertiary/aromatic N) is 1. The van der Waals surface area contributed by atoms with Crippen LogP contribution in [0.5, 0.6) is 0 Å². The fourth-order valence-corrected chi connectivity index (χ4v) is 2.08. The minimum Gasteiger partial charge on any atom is -0.255 e. The molecule has 2 aromatic rings. The Morgan fingerprint density at radius 1 is 1.33 bits per heavy atom. The van der Waals surface area contributed by atoms with Gasteiger partial charge in [0.15, 0.2) is 0 Å². The van der Waals surface area contributed by atoms with E-state index in [0.29, 0.717) is 10.9 Å². The summed E-state index contributed by atoms with van der Waals surface area (Å²) in [6, 6.07) is 6.29. The van der Waals surface area contributed by atoms with Crippen molar-refractivity contribution in [2.75, 3.05) is 0 Å². The molecule has 0 radical (unpaired) electrons. The molecule has 2 rings (SSSR count). The van der Waals surface area contributed by atoms with E-state index in [4.69, 9.17) is 11.6 Å². The average molecular weight is 285 g/mol. The molecular formula is C12H11BrClN. The molecule has 0 bridgehead atoms. The van der Waals surface area contributed by atoms with Gasteiger partial charge in [-0.15, -0.1) is 0 Å². The van der Waals surface area contributed by atoms with E-state index in [2.05, 4.69) is 46.9 Å². The minimum absolute atomic E-state index is 0.514. The maximum absolute atomic E-state index is 6.01. The van der Waals surface area contributed by atoms with Gasteiger partial charge in [-0.05, 0) is 39.5 Å². The molecule has 15 heavy (non-hydrogen) atoms. The Labute approximate surface area is 103 Å². The summed E-state index contributed by atoms with van der Waals surface area (Å²) in [4.78, 5) is 4.28. The molecule has 0 spiro atoms. The lowest BCUT2D eigenvalue weighted by atomic mass is 10.0. The third-order valence-electron chi connectivity index (χ3n) is 2.45. The molecule has 1 heterocycles. The van der Waals surface area contributed by atoms with E-state index in [1.807, 2.05) is 6.07 Å². The molecule has 0 amide bonds. The van der Waals surface area contributed by atoms with Crippen LogP contribution in [0.25, 0.3) is 10.9 Å². The summed E-state index contributed by atoms with van der Waals surface area (Å²) in [6.45, 7) is 4.35. The Morgan fingerprint density at radius 3 is 2.73 bits per heavy atom. The van der Waals surface area contributed by atoms with Gasteiger partial charge in [0, 0.05) is 16.1 Å². The molecule has 3 heteroatoms. The zero-order valence-electron chi connectivity index (χ0n) is 8.59. The number of benzene rings is 1. The van der Waals surface area contributed by atoms with Gasteiger partial charge < -0.3 is 0 Å². The smallest absolute Gasteiger partial charge is 0.0737 e. The first-order valence-electron chi connectivity index (χ1n) is 4.83. The Balaban J connectivity index is 2.73. The molecule has 0 aliphatic heterocycles. The maximum Gasteiger partial charge on any atom is 0.0737 e. The highest BCUT2D eigenvalue weighted by atomic mass is 79.9. The Hall–Kier alpha value is -0.600. The van der Waals surface area contributed by atoms with Crippen LogP contribution in [0, 0.1) is 0 Å². The van der Waals surface area contributed by atoms with E-state index >= 15 is 0 Å². The lowest BCUT2D eigenvalue weighted by Crippen LogP contribution is -1.89. The van der Waals surface area contributed by atoms with Gasteiger partial charge in [0.25, 0.3) is 0 Å². The fourth-order valence-electron chi connectivity index (χ4n) is 1.51. The molecule has 0 N–H and O–H groups in total. The van der Waals surface area contributed by atoms with E-state index in [1.54, 1.807) is 6.20 Å². The number of aromatic nitrogens is 1. The van der Waals surface area contributed by atoms with Crippen LogP contribution >= 0.6 is 27.5 Å². The second-order valence-corrected chi connectivity index (χ2v) is 5.05. The van der Waals surface area contributed by atoms with E-state index in [-0.39, 0.29) is 0 Å². The number of fused-ring (bicyclic) bond motifs is 1. The topological polar surface area (TPSA) is 12.9 Å². The number of hydrogen-bond acceptors (Lipinski definition) is 1. The normalized spacial score (nSPS) is 11.3. The quantitative estimate of drug-likeness (QED) is 0.735. The lowest BCUT2D eigenvalue weighted by Gasteiger charge is -2.08. The van der Waals surface area contributed by atoms with Gasteiger partial charge in [0.2, 0.25) is 0 Å². The standard InChI is InChI=1S/C12H11BrClN/c1-7(2)8-3-4-11-9(5-8)12(13)10(14)6-15-11/h3-7H,1-2H3. The van der Waals surface area contributed by atoms with Crippen LogP contribution in [0.4, 0.5) is 0 Å². The number of rotatable bonds is 1. The molecule has 1 aromatic carbocycles. The summed E-state index contributed by atoms with van der Waals surface area (Å²) in [7, 11) is 0. The molecule has 0 aliphatic carbocycles. The van der Waals surface area contributed by atoms with Gasteiger partial charge in [-0.25, -0.2) is 0 Å². The second-order valence-electron chi connectivity index (χ2n) is 3.85. The van der Waals surface area contributed by atoms with Gasteiger partial charge in [-0.3, -0.25) is 4.98 Å². The van der Waals surface area contributed by atoms with Gasteiger partial charge in [-0.2, -0.15) is 0 Å². The van der Waals surface area contributed by atoms with Crippen molar-refractivity contribution in [3.63, 3.8) is 0 Å². The van der Waals surface area contributed by atoms with Crippen LogP contribution in [0.1, 0.15) is 25.3 Å². The third-order valence-corrected chi connectivity index (χ3v) is 3.82. The lowest BCUT2D eigenvalue weighted by molar-refractivity contribution is 0.868. The summed E-state index contributed by atoms with van der Waals surface area (Å²) in [6.07, 6.45) is 1.67. The van der Waals surface area contributed by atoms with Crippen LogP contribution in [0.2, 0.25) is 5.02 Å². The van der Waals surface area contributed by atoms with Crippen molar-refractivity contribution < 1.29 is 0 Å². The van der Waals surface area contributed by atoms with E-state index in [1.165, 1.54) is 5.56 Å². The summed E-state index contributed by atoms with van der Waals surface area (Å²) in [5.41, 5.74) is 2.27. The molecule has 1 aromatic heterocycles. The Kier molecular flexibility index (Phi) is 2.98. The molecule has 0 atom stereocenters. The molecular weight excluding hydrogens is 273 g/mol. The van der Waals surface area contributed by atoms with Crippen LogP contribution in [0.3, 0.4) is 0 Å². The predicted molar refractivity (Wildman–Crippen MR) is 68.5 cm³/mol. The van der Waals surface area contributed by atoms with Gasteiger partial charge >= 0.3 is 0 Å². The summed E-state index contributed by atoms with van der Waals surface area (Å²) >= 11 is 9.50. The highest BCUT2D eigenvalue weighted by molar-refractivity contribution is 9.10. The van der Waals surface area contributed by atoms with Crippen molar-refractivity contribution in [3.8, 4) is 0 Å². The van der Waals surface area contributed by atoms with Crippen LogP contribution in [-0.2, 0) is 0 Å². The van der Waals surface area contributed by atoms with Crippen LogP contribution in [-0.4, -0.2) is 4.98 Å². The van der Waals surface area contributed by atoms with Gasteiger partial charge in [0.1, 0.15) is 0 Å². The second kappa shape index (κ2) is 4.11. The molecule has 0 aliphatic rings. The van der Waals surface area contributed by atoms with Crippen molar-refractivity contribution in [2.45, 2.75) is 19.8 Å². The van der Waals surface area contributed by atoms with E-state index in [0.717, 1.165) is 15.4 Å². The fraction of sp³-hybridized carbons (Fsp3) is 0.250. The van der Waals surface area contributed by atoms with Crippen molar-refractivity contribution in [1.82, 2.24) is 4.98 Å². The highest BCUT2D eigenvalue weighted by Crippen LogP contribution is 2.31. The Bertz CT molecular complexity index is 508. The number of pyridine rings is 1. The van der Waals surface area contributed by atoms with Crippen molar-refractivity contribution in [2.24, 2.45) is 0 Å². The molecule has 0 saturated heterocycles. The maximum atomic E-state index is 6.01. The third kappa shape index (κ3) is 2.01. The molecule has 78 valence electrons. The monoisotopic (exact) mass is 283 g/mol. The minimum atomic E-state index is 0.514. The first-order valence-corrected chi connectivity index (χ1v) is 6.00. The van der Waals surface area contributed by atoms with E-state index in [9.17, 15) is 0 Å². The molecule has 0 saturated carbocycles. The highest BCUT2D eigenvalue weighted by Gasteiger charge is 2.06. The molecule has 0 fully saturated rings. The number of halogens is 2. The van der Waals surface area contributed by atoms with Gasteiger partial charge in [-0.1, -0.05) is 31.5 Å². The van der Waals surface area contributed by atoms with Crippen molar-refractivity contribution >= 4 is 38.4 Å². The van der Waals surface area contributed by atoms with E-state index < -0.39 is 0 Å². The van der Waals surface area contributed by atoms with Gasteiger partial charge in [0.05, 0.1) is 10.5 Å². The average Bonchev–Trinajstić information content (AvgIpc) is 2.23. The SMILES string of the molecule is CC(C)c1ccc2ncc(Cl)c(Br)c2c1. The summed E-state index contributed by atoms with van der Waals surface area (Å²) in [5.74, 6) is 0.514. The van der Waals surface area contributed by atoms with Crippen molar-refractivity contribution in [1.29, 1.82) is 0 Å².